The maximum atomic E-state index is 11.8. The average molecular weight is 267 g/mol. The zero-order valence-electron chi connectivity index (χ0n) is 9.83. The smallest absolute Gasteiger partial charge is 0.240 e. The molecule has 0 saturated carbocycles. The number of aromatic nitrogens is 2. The molecule has 1 aromatic carbocycles. The molecule has 0 spiro atoms. The van der Waals surface area contributed by atoms with Gasteiger partial charge in [0.15, 0.2) is 0 Å². The lowest BCUT2D eigenvalue weighted by Crippen LogP contribution is -2.26. The first-order valence-corrected chi connectivity index (χ1v) is 6.90. The van der Waals surface area contributed by atoms with Crippen molar-refractivity contribution in [1.29, 1.82) is 0 Å². The lowest BCUT2D eigenvalue weighted by atomic mass is 10.4. The first kappa shape index (κ1) is 12.7. The third-order valence-electron chi connectivity index (χ3n) is 2.25. The van der Waals surface area contributed by atoms with Crippen molar-refractivity contribution in [3.05, 3.63) is 42.1 Å². The molecular weight excluding hydrogens is 254 g/mol. The van der Waals surface area contributed by atoms with Gasteiger partial charge in [0.2, 0.25) is 21.8 Å². The Bertz CT molecular complexity index is 607. The molecule has 0 fully saturated rings. The van der Waals surface area contributed by atoms with Gasteiger partial charge in [-0.05, 0) is 12.1 Å². The molecule has 1 N–H and O–H groups in total. The maximum Gasteiger partial charge on any atom is 0.240 e. The Balaban J connectivity index is 1.94. The van der Waals surface area contributed by atoms with Crippen LogP contribution in [0, 0.1) is 6.92 Å². The van der Waals surface area contributed by atoms with E-state index in [0.29, 0.717) is 18.2 Å². The van der Waals surface area contributed by atoms with Crippen LogP contribution in [-0.4, -0.2) is 25.2 Å². The Hall–Kier alpha value is -1.73. The highest BCUT2D eigenvalue weighted by Crippen LogP contribution is 2.07. The molecule has 18 heavy (non-hydrogen) atoms. The molecular formula is C11H13N3O3S. The van der Waals surface area contributed by atoms with E-state index in [-0.39, 0.29) is 11.4 Å². The van der Waals surface area contributed by atoms with Crippen LogP contribution in [0.5, 0.6) is 0 Å². The van der Waals surface area contributed by atoms with Gasteiger partial charge in [0.1, 0.15) is 0 Å². The average Bonchev–Trinajstić information content (AvgIpc) is 2.76. The molecule has 2 aromatic rings. The number of benzene rings is 1. The summed E-state index contributed by atoms with van der Waals surface area (Å²) in [4.78, 5) is 0.242. The molecule has 7 heteroatoms. The minimum Gasteiger partial charge on any atom is -0.426 e. The van der Waals surface area contributed by atoms with E-state index in [1.165, 1.54) is 0 Å². The summed E-state index contributed by atoms with van der Waals surface area (Å²) in [6.07, 6.45) is 0.368. The van der Waals surface area contributed by atoms with Gasteiger partial charge in [0.05, 0.1) is 4.90 Å². The van der Waals surface area contributed by atoms with Gasteiger partial charge in [-0.2, -0.15) is 0 Å². The Morgan fingerprint density at radius 2 is 1.94 bits per heavy atom. The van der Waals surface area contributed by atoms with E-state index in [1.807, 2.05) is 0 Å². The molecule has 0 saturated heterocycles. The van der Waals surface area contributed by atoms with Crippen molar-refractivity contribution in [3.8, 4) is 0 Å². The van der Waals surface area contributed by atoms with Crippen LogP contribution in [0.2, 0.25) is 0 Å². The number of nitrogens with one attached hydrogen (secondary N) is 1. The predicted octanol–water partition coefficient (Wildman–Crippen LogP) is 0.899. The topological polar surface area (TPSA) is 85.1 Å². The van der Waals surface area contributed by atoms with Gasteiger partial charge >= 0.3 is 0 Å². The number of sulfonamides is 1. The summed E-state index contributed by atoms with van der Waals surface area (Å²) in [5.74, 6) is 0.888. The lowest BCUT2D eigenvalue weighted by Gasteiger charge is -2.04. The van der Waals surface area contributed by atoms with Gasteiger partial charge < -0.3 is 4.42 Å². The van der Waals surface area contributed by atoms with Crippen molar-refractivity contribution in [2.45, 2.75) is 18.2 Å². The standard InChI is InChI=1S/C11H13N3O3S/c1-9-13-14-11(17-9)7-8-12-18(15,16)10-5-3-2-4-6-10/h2-6,12H,7-8H2,1H3. The summed E-state index contributed by atoms with van der Waals surface area (Å²) in [6.45, 7) is 1.91. The molecule has 6 nitrogen and oxygen atoms in total. The monoisotopic (exact) mass is 267 g/mol. The number of hydrogen-bond acceptors (Lipinski definition) is 5. The van der Waals surface area contributed by atoms with Gasteiger partial charge in [0, 0.05) is 19.9 Å². The number of aryl methyl sites for hydroxylation is 1. The number of rotatable bonds is 5. The van der Waals surface area contributed by atoms with Crippen LogP contribution in [-0.2, 0) is 16.4 Å². The molecule has 1 aromatic heterocycles. The minimum absolute atomic E-state index is 0.221. The van der Waals surface area contributed by atoms with Crippen LogP contribution >= 0.6 is 0 Å². The first-order chi connectivity index (χ1) is 8.58. The lowest BCUT2D eigenvalue weighted by molar-refractivity contribution is 0.466. The van der Waals surface area contributed by atoms with Gasteiger partial charge in [0.25, 0.3) is 0 Å². The minimum atomic E-state index is -3.46. The van der Waals surface area contributed by atoms with Crippen LogP contribution in [0.3, 0.4) is 0 Å². The Kier molecular flexibility index (Phi) is 3.73. The van der Waals surface area contributed by atoms with E-state index in [2.05, 4.69) is 14.9 Å². The van der Waals surface area contributed by atoms with E-state index in [9.17, 15) is 8.42 Å². The second-order valence-corrected chi connectivity index (χ2v) is 5.44. The van der Waals surface area contributed by atoms with Crippen molar-refractivity contribution in [2.24, 2.45) is 0 Å². The van der Waals surface area contributed by atoms with Gasteiger partial charge in [-0.25, -0.2) is 13.1 Å². The van der Waals surface area contributed by atoms with Crippen LogP contribution in [0.15, 0.2) is 39.6 Å². The van der Waals surface area contributed by atoms with E-state index < -0.39 is 10.0 Å². The fourth-order valence-corrected chi connectivity index (χ4v) is 2.47. The molecule has 2 rings (SSSR count). The molecule has 0 bridgehead atoms. The summed E-state index contributed by atoms with van der Waals surface area (Å²) in [5.41, 5.74) is 0. The number of nitrogens with zero attached hydrogens (tertiary/aromatic N) is 2. The summed E-state index contributed by atoms with van der Waals surface area (Å²) < 4.78 is 31.3. The zero-order valence-corrected chi connectivity index (χ0v) is 10.6. The highest BCUT2D eigenvalue weighted by molar-refractivity contribution is 7.89. The Morgan fingerprint density at radius 1 is 1.22 bits per heavy atom. The SMILES string of the molecule is Cc1nnc(CCNS(=O)(=O)c2ccccc2)o1. The van der Waals surface area contributed by atoms with Gasteiger partial charge in [-0.15, -0.1) is 10.2 Å². The zero-order chi connectivity index (χ0) is 13.0. The fraction of sp³-hybridized carbons (Fsp3) is 0.273. The summed E-state index contributed by atoms with van der Waals surface area (Å²) >= 11 is 0. The molecule has 0 unspecified atom stereocenters. The summed E-state index contributed by atoms with van der Waals surface area (Å²) in [6, 6.07) is 8.20. The highest BCUT2D eigenvalue weighted by Gasteiger charge is 2.13. The van der Waals surface area contributed by atoms with Crippen molar-refractivity contribution in [3.63, 3.8) is 0 Å². The van der Waals surface area contributed by atoms with Crippen LogP contribution in [0.1, 0.15) is 11.8 Å². The van der Waals surface area contributed by atoms with E-state index in [1.54, 1.807) is 37.3 Å². The molecule has 0 aliphatic heterocycles. The Labute approximate surface area is 105 Å². The van der Waals surface area contributed by atoms with E-state index in [4.69, 9.17) is 4.42 Å². The largest absolute Gasteiger partial charge is 0.426 e. The molecule has 1 heterocycles. The quantitative estimate of drug-likeness (QED) is 0.870. The summed E-state index contributed by atoms with van der Waals surface area (Å²) in [7, 11) is -3.46. The maximum absolute atomic E-state index is 11.8. The molecule has 0 radical (unpaired) electrons. The summed E-state index contributed by atoms with van der Waals surface area (Å²) in [5, 5.41) is 7.45. The van der Waals surface area contributed by atoms with E-state index >= 15 is 0 Å². The second kappa shape index (κ2) is 5.28. The Morgan fingerprint density at radius 3 is 2.56 bits per heavy atom. The van der Waals surface area contributed by atoms with Crippen molar-refractivity contribution >= 4 is 10.0 Å². The fourth-order valence-electron chi connectivity index (χ4n) is 1.41. The van der Waals surface area contributed by atoms with E-state index in [0.717, 1.165) is 0 Å². The molecule has 0 atom stereocenters. The molecule has 0 aliphatic carbocycles. The third-order valence-corrected chi connectivity index (χ3v) is 3.73. The van der Waals surface area contributed by atoms with Crippen LogP contribution in [0.4, 0.5) is 0 Å². The predicted molar refractivity (Wildman–Crippen MR) is 64.4 cm³/mol. The second-order valence-electron chi connectivity index (χ2n) is 3.68. The van der Waals surface area contributed by atoms with Crippen LogP contribution < -0.4 is 4.72 Å². The van der Waals surface area contributed by atoms with Crippen molar-refractivity contribution in [1.82, 2.24) is 14.9 Å². The normalized spacial score (nSPS) is 11.6. The molecule has 96 valence electrons. The number of hydrogen-bond donors (Lipinski definition) is 1. The molecule has 0 aliphatic rings. The van der Waals surface area contributed by atoms with Crippen molar-refractivity contribution < 1.29 is 12.8 Å². The van der Waals surface area contributed by atoms with Crippen LogP contribution in [0.25, 0.3) is 0 Å². The third kappa shape index (κ3) is 3.14. The molecule has 0 amide bonds. The van der Waals surface area contributed by atoms with Crippen molar-refractivity contribution in [2.75, 3.05) is 6.54 Å². The van der Waals surface area contributed by atoms with Gasteiger partial charge in [-0.1, -0.05) is 18.2 Å². The van der Waals surface area contributed by atoms with Gasteiger partial charge in [-0.3, -0.25) is 0 Å². The first-order valence-electron chi connectivity index (χ1n) is 5.41. The highest BCUT2D eigenvalue weighted by atomic mass is 32.2.